The highest BCUT2D eigenvalue weighted by Crippen LogP contribution is 2.49. The largest absolute Gasteiger partial charge is 0.394 e. The normalized spacial score (nSPS) is 21.2. The maximum absolute atomic E-state index is 12.4. The van der Waals surface area contributed by atoms with Gasteiger partial charge in [0.15, 0.2) is 0 Å². The molecule has 2 N–H and O–H groups in total. The van der Waals surface area contributed by atoms with Gasteiger partial charge in [-0.2, -0.15) is 0 Å². The maximum atomic E-state index is 12.4. The minimum atomic E-state index is -0.360. The number of aliphatic hydroxyl groups excluding tert-OH is 1. The lowest BCUT2D eigenvalue weighted by atomic mass is 10.1. The number of aliphatic hydroxyl groups is 1. The van der Waals surface area contributed by atoms with Gasteiger partial charge in [0, 0.05) is 10.9 Å². The lowest BCUT2D eigenvalue weighted by Crippen LogP contribution is -2.32. The van der Waals surface area contributed by atoms with E-state index in [1.165, 1.54) is 0 Å². The van der Waals surface area contributed by atoms with Gasteiger partial charge in [-0.15, -0.1) is 0 Å². The molecule has 2 aromatic carbocycles. The Balaban J connectivity index is 1.65. The van der Waals surface area contributed by atoms with Crippen molar-refractivity contribution >= 4 is 17.5 Å². The van der Waals surface area contributed by atoms with Crippen LogP contribution in [0.5, 0.6) is 0 Å². The van der Waals surface area contributed by atoms with Gasteiger partial charge in [-0.05, 0) is 29.5 Å². The van der Waals surface area contributed by atoms with Gasteiger partial charge in [-0.3, -0.25) is 4.79 Å². The van der Waals surface area contributed by atoms with Crippen LogP contribution in [-0.2, 0) is 4.79 Å². The number of carbonyl (C=O) groups excluding carboxylic acids is 1. The van der Waals surface area contributed by atoms with Crippen molar-refractivity contribution in [2.45, 2.75) is 18.4 Å². The molecule has 0 bridgehead atoms. The summed E-state index contributed by atoms with van der Waals surface area (Å²) in [5.74, 6) is 0.106. The summed E-state index contributed by atoms with van der Waals surface area (Å²) in [6.45, 7) is -0.112. The van der Waals surface area contributed by atoms with E-state index in [0.717, 1.165) is 17.5 Å². The zero-order valence-electron chi connectivity index (χ0n) is 12.1. The Morgan fingerprint density at radius 3 is 2.55 bits per heavy atom. The summed E-state index contributed by atoms with van der Waals surface area (Å²) < 4.78 is 0. The second-order valence-corrected chi connectivity index (χ2v) is 6.03. The Kier molecular flexibility index (Phi) is 4.46. The van der Waals surface area contributed by atoms with Crippen LogP contribution in [0.25, 0.3) is 0 Å². The molecule has 1 amide bonds. The molecular weight excluding hydrogens is 298 g/mol. The molecule has 0 heterocycles. The van der Waals surface area contributed by atoms with Crippen molar-refractivity contribution in [3.05, 3.63) is 70.7 Å². The Bertz CT molecular complexity index is 659. The van der Waals surface area contributed by atoms with E-state index in [1.54, 1.807) is 0 Å². The van der Waals surface area contributed by atoms with Crippen LogP contribution in [-0.4, -0.2) is 17.6 Å². The standard InChI is InChI=1S/C18H18ClNO2/c19-16-9-5-4-8-13(16)14-10-15(14)18(22)20-17(11-21)12-6-2-1-3-7-12/h1-9,14-15,17,21H,10-11H2,(H,20,22)/t14?,15?,17-/m1/s1. The first-order valence-corrected chi connectivity index (χ1v) is 7.79. The summed E-state index contributed by atoms with van der Waals surface area (Å²) in [5, 5.41) is 13.2. The van der Waals surface area contributed by atoms with Crippen molar-refractivity contribution in [1.29, 1.82) is 0 Å². The fourth-order valence-corrected chi connectivity index (χ4v) is 3.08. The van der Waals surface area contributed by atoms with E-state index in [9.17, 15) is 9.90 Å². The first-order chi connectivity index (χ1) is 10.7. The maximum Gasteiger partial charge on any atom is 0.224 e. The fraction of sp³-hybridized carbons (Fsp3) is 0.278. The first-order valence-electron chi connectivity index (χ1n) is 7.41. The molecule has 0 aliphatic heterocycles. The highest BCUT2D eigenvalue weighted by molar-refractivity contribution is 6.31. The average Bonchev–Trinajstić information content (AvgIpc) is 3.34. The van der Waals surface area contributed by atoms with E-state index in [0.29, 0.717) is 5.02 Å². The molecule has 3 nitrogen and oxygen atoms in total. The third kappa shape index (κ3) is 3.16. The number of carbonyl (C=O) groups is 1. The van der Waals surface area contributed by atoms with Crippen LogP contribution in [0.4, 0.5) is 0 Å². The van der Waals surface area contributed by atoms with Crippen LogP contribution in [0, 0.1) is 5.92 Å². The quantitative estimate of drug-likeness (QED) is 0.889. The molecule has 22 heavy (non-hydrogen) atoms. The number of rotatable bonds is 5. The summed E-state index contributed by atoms with van der Waals surface area (Å²) in [4.78, 5) is 12.4. The van der Waals surface area contributed by atoms with Gasteiger partial charge in [0.1, 0.15) is 0 Å². The minimum Gasteiger partial charge on any atom is -0.394 e. The second-order valence-electron chi connectivity index (χ2n) is 5.62. The number of nitrogens with one attached hydrogen (secondary N) is 1. The Hall–Kier alpha value is -1.84. The minimum absolute atomic E-state index is 0.0205. The Labute approximate surface area is 134 Å². The molecule has 0 spiro atoms. The van der Waals surface area contributed by atoms with Crippen LogP contribution in [0.3, 0.4) is 0 Å². The van der Waals surface area contributed by atoms with Gasteiger partial charge in [-0.1, -0.05) is 60.1 Å². The van der Waals surface area contributed by atoms with Crippen LogP contribution >= 0.6 is 11.6 Å². The monoisotopic (exact) mass is 315 g/mol. The average molecular weight is 316 g/mol. The van der Waals surface area contributed by atoms with Crippen molar-refractivity contribution in [2.75, 3.05) is 6.61 Å². The number of halogens is 1. The molecule has 1 aliphatic carbocycles. The molecule has 0 aromatic heterocycles. The van der Waals surface area contributed by atoms with Gasteiger partial charge >= 0.3 is 0 Å². The number of hydrogen-bond donors (Lipinski definition) is 2. The van der Waals surface area contributed by atoms with E-state index >= 15 is 0 Å². The molecule has 4 heteroatoms. The van der Waals surface area contributed by atoms with Crippen molar-refractivity contribution in [3.8, 4) is 0 Å². The molecule has 1 saturated carbocycles. The molecule has 2 unspecified atom stereocenters. The van der Waals surface area contributed by atoms with Crippen LogP contribution in [0.15, 0.2) is 54.6 Å². The Morgan fingerprint density at radius 2 is 1.86 bits per heavy atom. The van der Waals surface area contributed by atoms with Crippen LogP contribution in [0.1, 0.15) is 29.5 Å². The van der Waals surface area contributed by atoms with Crippen LogP contribution < -0.4 is 5.32 Å². The number of benzene rings is 2. The molecule has 1 aliphatic rings. The highest BCUT2D eigenvalue weighted by atomic mass is 35.5. The molecule has 1 fully saturated rings. The van der Waals surface area contributed by atoms with Gasteiger partial charge in [-0.25, -0.2) is 0 Å². The molecule has 0 radical (unpaired) electrons. The third-order valence-corrected chi connectivity index (χ3v) is 4.48. The second kappa shape index (κ2) is 6.51. The van der Waals surface area contributed by atoms with Crippen molar-refractivity contribution in [3.63, 3.8) is 0 Å². The van der Waals surface area contributed by atoms with Crippen LogP contribution in [0.2, 0.25) is 5.02 Å². The third-order valence-electron chi connectivity index (χ3n) is 4.13. The first kappa shape index (κ1) is 15.1. The molecule has 114 valence electrons. The smallest absolute Gasteiger partial charge is 0.224 e. The molecular formula is C18H18ClNO2. The van der Waals surface area contributed by atoms with E-state index in [2.05, 4.69) is 5.32 Å². The van der Waals surface area contributed by atoms with E-state index in [1.807, 2.05) is 54.6 Å². The summed E-state index contributed by atoms with van der Waals surface area (Å²) in [7, 11) is 0. The lowest BCUT2D eigenvalue weighted by Gasteiger charge is -2.16. The molecule has 3 atom stereocenters. The van der Waals surface area contributed by atoms with Gasteiger partial charge in [0.05, 0.1) is 12.6 Å². The van der Waals surface area contributed by atoms with Gasteiger partial charge < -0.3 is 10.4 Å². The predicted molar refractivity (Wildman–Crippen MR) is 86.7 cm³/mol. The zero-order valence-corrected chi connectivity index (χ0v) is 12.8. The Morgan fingerprint density at radius 1 is 1.18 bits per heavy atom. The summed E-state index contributed by atoms with van der Waals surface area (Å²) in [5.41, 5.74) is 1.94. The summed E-state index contributed by atoms with van der Waals surface area (Å²) in [6.07, 6.45) is 0.808. The number of amides is 1. The zero-order chi connectivity index (χ0) is 15.5. The van der Waals surface area contributed by atoms with Gasteiger partial charge in [0.2, 0.25) is 5.91 Å². The SMILES string of the molecule is O=C(N[C@H](CO)c1ccccc1)C1CC1c1ccccc1Cl. The van der Waals surface area contributed by atoms with Gasteiger partial charge in [0.25, 0.3) is 0 Å². The van der Waals surface area contributed by atoms with Crippen molar-refractivity contribution in [1.82, 2.24) is 5.32 Å². The summed E-state index contributed by atoms with van der Waals surface area (Å²) in [6, 6.07) is 16.8. The molecule has 0 saturated heterocycles. The molecule has 3 rings (SSSR count). The van der Waals surface area contributed by atoms with E-state index < -0.39 is 0 Å². The topological polar surface area (TPSA) is 49.3 Å². The van der Waals surface area contributed by atoms with E-state index in [4.69, 9.17) is 11.6 Å². The summed E-state index contributed by atoms with van der Waals surface area (Å²) >= 11 is 6.19. The lowest BCUT2D eigenvalue weighted by molar-refractivity contribution is -0.123. The molecule has 2 aromatic rings. The van der Waals surface area contributed by atoms with Crippen molar-refractivity contribution in [2.24, 2.45) is 5.92 Å². The van der Waals surface area contributed by atoms with Crippen molar-refractivity contribution < 1.29 is 9.90 Å². The fourth-order valence-electron chi connectivity index (χ4n) is 2.80. The van der Waals surface area contributed by atoms with E-state index in [-0.39, 0.29) is 30.4 Å². The number of hydrogen-bond acceptors (Lipinski definition) is 2. The predicted octanol–water partition coefficient (Wildman–Crippen LogP) is 3.29. The highest BCUT2D eigenvalue weighted by Gasteiger charge is 2.45.